The summed E-state index contributed by atoms with van der Waals surface area (Å²) in [6, 6.07) is 14.5. The lowest BCUT2D eigenvalue weighted by molar-refractivity contribution is -0.140. The molecule has 0 bridgehead atoms. The van der Waals surface area contributed by atoms with Crippen LogP contribution in [-0.4, -0.2) is 30.1 Å². The van der Waals surface area contributed by atoms with Crippen LogP contribution < -0.4 is 5.32 Å². The molecule has 1 aromatic heterocycles. The summed E-state index contributed by atoms with van der Waals surface area (Å²) in [4.78, 5) is 23.5. The smallest absolute Gasteiger partial charge is 0.305 e. The molecule has 0 radical (unpaired) electrons. The van der Waals surface area contributed by atoms with E-state index in [0.29, 0.717) is 25.9 Å². The Bertz CT molecular complexity index is 995. The van der Waals surface area contributed by atoms with Crippen molar-refractivity contribution in [2.45, 2.75) is 38.6 Å². The molecule has 3 rings (SSSR count). The first kappa shape index (κ1) is 21.6. The number of esters is 1. The topological polar surface area (TPSA) is 60.3 Å². The number of methoxy groups -OCH3 is 1. The van der Waals surface area contributed by atoms with Crippen molar-refractivity contribution < 1.29 is 18.7 Å². The van der Waals surface area contributed by atoms with E-state index in [1.54, 1.807) is 12.1 Å². The van der Waals surface area contributed by atoms with Crippen molar-refractivity contribution in [1.82, 2.24) is 9.88 Å². The maximum atomic E-state index is 13.2. The summed E-state index contributed by atoms with van der Waals surface area (Å²) in [6.45, 7) is 1.21. The number of rotatable bonds is 10. The minimum Gasteiger partial charge on any atom is -0.469 e. The van der Waals surface area contributed by atoms with E-state index in [-0.39, 0.29) is 17.7 Å². The minimum absolute atomic E-state index is 0.0207. The van der Waals surface area contributed by atoms with E-state index < -0.39 is 0 Å². The van der Waals surface area contributed by atoms with Gasteiger partial charge in [0.05, 0.1) is 13.5 Å². The number of fused-ring (bicyclic) bond motifs is 1. The van der Waals surface area contributed by atoms with Gasteiger partial charge in [-0.15, -0.1) is 0 Å². The van der Waals surface area contributed by atoms with E-state index in [1.165, 1.54) is 19.2 Å². The Morgan fingerprint density at radius 2 is 1.80 bits per heavy atom. The fraction of sp³-hybridized carbons (Fsp3) is 0.333. The second kappa shape index (κ2) is 10.6. The predicted octanol–water partition coefficient (Wildman–Crippen LogP) is 4.22. The van der Waals surface area contributed by atoms with Gasteiger partial charge >= 0.3 is 5.97 Å². The lowest BCUT2D eigenvalue weighted by Crippen LogP contribution is -2.26. The molecule has 158 valence electrons. The van der Waals surface area contributed by atoms with E-state index in [2.05, 4.69) is 14.6 Å². The van der Waals surface area contributed by atoms with Gasteiger partial charge in [0.2, 0.25) is 5.91 Å². The molecule has 5 nitrogen and oxygen atoms in total. The number of unbranched alkanes of at least 4 members (excludes halogenated alkanes) is 2. The highest BCUT2D eigenvalue weighted by Crippen LogP contribution is 2.23. The average molecular weight is 410 g/mol. The van der Waals surface area contributed by atoms with Gasteiger partial charge in [-0.1, -0.05) is 36.8 Å². The number of halogens is 1. The summed E-state index contributed by atoms with van der Waals surface area (Å²) in [5.41, 5.74) is 3.02. The second-order valence-electron chi connectivity index (χ2n) is 7.34. The first-order chi connectivity index (χ1) is 14.6. The Kier molecular flexibility index (Phi) is 7.60. The number of nitrogens with zero attached hydrogens (tertiary/aromatic N) is 1. The number of para-hydroxylation sites is 1. The van der Waals surface area contributed by atoms with Gasteiger partial charge in [-0.2, -0.15) is 0 Å². The summed E-state index contributed by atoms with van der Waals surface area (Å²) in [5, 5.41) is 4.01. The summed E-state index contributed by atoms with van der Waals surface area (Å²) >= 11 is 0. The molecule has 1 amide bonds. The molecule has 3 aromatic rings. The normalized spacial score (nSPS) is 10.9. The molecule has 1 heterocycles. The third-order valence-electron chi connectivity index (χ3n) is 5.10. The monoisotopic (exact) mass is 410 g/mol. The highest BCUT2D eigenvalue weighted by molar-refractivity contribution is 5.89. The van der Waals surface area contributed by atoms with Crippen molar-refractivity contribution in [2.24, 2.45) is 0 Å². The van der Waals surface area contributed by atoms with Crippen LogP contribution in [0.5, 0.6) is 0 Å². The maximum Gasteiger partial charge on any atom is 0.305 e. The molecule has 2 aromatic carbocycles. The fourth-order valence-corrected chi connectivity index (χ4v) is 3.52. The molecule has 0 aliphatic carbocycles. The molecule has 1 N–H and O–H groups in total. The SMILES string of the molecule is COC(=O)CCCCCNC(=O)Cc1cn(Cc2ccc(F)cc2)c2ccccc12. The molecular formula is C24H27FN2O3. The Morgan fingerprint density at radius 1 is 1.03 bits per heavy atom. The molecule has 0 spiro atoms. The minimum atomic E-state index is -0.251. The molecular weight excluding hydrogens is 383 g/mol. The Balaban J connectivity index is 1.57. The van der Waals surface area contributed by atoms with Crippen molar-refractivity contribution >= 4 is 22.8 Å². The van der Waals surface area contributed by atoms with Crippen LogP contribution in [0.25, 0.3) is 10.9 Å². The summed E-state index contributed by atoms with van der Waals surface area (Å²) in [6.07, 6.45) is 5.18. The van der Waals surface area contributed by atoms with Crippen LogP contribution in [-0.2, 0) is 27.3 Å². The number of hydrogen-bond donors (Lipinski definition) is 1. The van der Waals surface area contributed by atoms with Crippen LogP contribution in [0.3, 0.4) is 0 Å². The first-order valence-electron chi connectivity index (χ1n) is 10.2. The van der Waals surface area contributed by atoms with E-state index in [4.69, 9.17) is 0 Å². The summed E-state index contributed by atoms with van der Waals surface area (Å²) in [7, 11) is 1.39. The van der Waals surface area contributed by atoms with Gasteiger partial charge in [0.25, 0.3) is 0 Å². The maximum absolute atomic E-state index is 13.2. The number of amides is 1. The standard InChI is InChI=1S/C24H27FN2O3/c1-30-24(29)9-3-2-6-14-26-23(28)15-19-17-27(22-8-5-4-7-21(19)22)16-18-10-12-20(25)13-11-18/h4-5,7-8,10-13,17H,2-3,6,9,14-16H2,1H3,(H,26,28). The third kappa shape index (κ3) is 5.92. The average Bonchev–Trinajstić information content (AvgIpc) is 3.09. The zero-order chi connectivity index (χ0) is 21.3. The zero-order valence-corrected chi connectivity index (χ0v) is 17.2. The van der Waals surface area contributed by atoms with Crippen LogP contribution in [0, 0.1) is 5.82 Å². The molecule has 0 saturated carbocycles. The van der Waals surface area contributed by atoms with Gasteiger partial charge in [0, 0.05) is 36.6 Å². The summed E-state index contributed by atoms with van der Waals surface area (Å²) < 4.78 is 19.9. The molecule has 6 heteroatoms. The summed E-state index contributed by atoms with van der Waals surface area (Å²) in [5.74, 6) is -0.470. The highest BCUT2D eigenvalue weighted by Gasteiger charge is 2.12. The highest BCUT2D eigenvalue weighted by atomic mass is 19.1. The Labute approximate surface area is 175 Å². The van der Waals surface area contributed by atoms with Gasteiger partial charge in [0.1, 0.15) is 5.82 Å². The van der Waals surface area contributed by atoms with E-state index >= 15 is 0 Å². The third-order valence-corrected chi connectivity index (χ3v) is 5.10. The lowest BCUT2D eigenvalue weighted by atomic mass is 10.1. The van der Waals surface area contributed by atoms with Crippen LogP contribution in [0.2, 0.25) is 0 Å². The van der Waals surface area contributed by atoms with Gasteiger partial charge in [-0.3, -0.25) is 9.59 Å². The van der Waals surface area contributed by atoms with E-state index in [0.717, 1.165) is 41.3 Å². The van der Waals surface area contributed by atoms with Crippen molar-refractivity contribution in [3.8, 4) is 0 Å². The zero-order valence-electron chi connectivity index (χ0n) is 17.2. The van der Waals surface area contributed by atoms with Crippen LogP contribution in [0.1, 0.15) is 36.8 Å². The van der Waals surface area contributed by atoms with Crippen molar-refractivity contribution in [2.75, 3.05) is 13.7 Å². The van der Waals surface area contributed by atoms with Crippen LogP contribution in [0.4, 0.5) is 4.39 Å². The number of nitrogens with one attached hydrogen (secondary N) is 1. The fourth-order valence-electron chi connectivity index (χ4n) is 3.52. The van der Waals surface area contributed by atoms with Crippen molar-refractivity contribution in [3.63, 3.8) is 0 Å². The van der Waals surface area contributed by atoms with Gasteiger partial charge < -0.3 is 14.6 Å². The Hall–Kier alpha value is -3.15. The number of ether oxygens (including phenoxy) is 1. The number of carbonyl (C=O) groups excluding carboxylic acids is 2. The van der Waals surface area contributed by atoms with Crippen molar-refractivity contribution in [3.05, 3.63) is 71.7 Å². The molecule has 0 aliphatic heterocycles. The molecule has 30 heavy (non-hydrogen) atoms. The largest absolute Gasteiger partial charge is 0.469 e. The molecule has 0 fully saturated rings. The molecule has 0 unspecified atom stereocenters. The number of benzene rings is 2. The van der Waals surface area contributed by atoms with E-state index in [9.17, 15) is 14.0 Å². The van der Waals surface area contributed by atoms with Gasteiger partial charge in [-0.25, -0.2) is 4.39 Å². The first-order valence-corrected chi connectivity index (χ1v) is 10.2. The molecule has 0 atom stereocenters. The quantitative estimate of drug-likeness (QED) is 0.402. The number of aromatic nitrogens is 1. The number of hydrogen-bond acceptors (Lipinski definition) is 3. The molecule has 0 aliphatic rings. The molecule has 0 saturated heterocycles. The van der Waals surface area contributed by atoms with Crippen molar-refractivity contribution in [1.29, 1.82) is 0 Å². The lowest BCUT2D eigenvalue weighted by Gasteiger charge is -2.05. The predicted molar refractivity (Wildman–Crippen MR) is 115 cm³/mol. The van der Waals surface area contributed by atoms with E-state index in [1.807, 2.05) is 30.5 Å². The number of carbonyl (C=O) groups is 2. The van der Waals surface area contributed by atoms with Crippen LogP contribution in [0.15, 0.2) is 54.7 Å². The second-order valence-corrected chi connectivity index (χ2v) is 7.34. The van der Waals surface area contributed by atoms with Gasteiger partial charge in [0.15, 0.2) is 0 Å². The Morgan fingerprint density at radius 3 is 2.57 bits per heavy atom. The van der Waals surface area contributed by atoms with Gasteiger partial charge in [-0.05, 0) is 42.2 Å². The van der Waals surface area contributed by atoms with Crippen LogP contribution >= 0.6 is 0 Å².